The van der Waals surface area contributed by atoms with E-state index in [9.17, 15) is 4.79 Å². The second-order valence-corrected chi connectivity index (χ2v) is 4.46. The molecule has 1 aliphatic heterocycles. The van der Waals surface area contributed by atoms with Gasteiger partial charge >= 0.3 is 5.76 Å². The molecule has 6 nitrogen and oxygen atoms in total. The molecule has 0 radical (unpaired) electrons. The van der Waals surface area contributed by atoms with Gasteiger partial charge in [0, 0.05) is 13.1 Å². The SMILES string of the molecule is N#Cc1ccc2oc(=O)n(CN3CCOCC3)c2c1. The molecule has 98 valence electrons. The second kappa shape index (κ2) is 4.88. The van der Waals surface area contributed by atoms with E-state index >= 15 is 0 Å². The second-order valence-electron chi connectivity index (χ2n) is 4.46. The summed E-state index contributed by atoms with van der Waals surface area (Å²) in [4.78, 5) is 14.0. The van der Waals surface area contributed by atoms with Gasteiger partial charge in [-0.25, -0.2) is 4.79 Å². The van der Waals surface area contributed by atoms with Crippen LogP contribution in [-0.2, 0) is 11.4 Å². The lowest BCUT2D eigenvalue weighted by Crippen LogP contribution is -2.39. The zero-order valence-corrected chi connectivity index (χ0v) is 10.3. The van der Waals surface area contributed by atoms with Gasteiger partial charge in [0.15, 0.2) is 5.58 Å². The summed E-state index contributed by atoms with van der Waals surface area (Å²) in [6.45, 7) is 3.39. The quantitative estimate of drug-likeness (QED) is 0.796. The van der Waals surface area contributed by atoms with Gasteiger partial charge in [-0.3, -0.25) is 9.47 Å². The summed E-state index contributed by atoms with van der Waals surface area (Å²) >= 11 is 0. The van der Waals surface area contributed by atoms with Crippen molar-refractivity contribution < 1.29 is 9.15 Å². The summed E-state index contributed by atoms with van der Waals surface area (Å²) in [6.07, 6.45) is 0. The highest BCUT2D eigenvalue weighted by Gasteiger charge is 2.15. The third-order valence-corrected chi connectivity index (χ3v) is 3.24. The highest BCUT2D eigenvalue weighted by molar-refractivity contribution is 5.74. The Bertz CT molecular complexity index is 689. The summed E-state index contributed by atoms with van der Waals surface area (Å²) in [5, 5.41) is 8.92. The van der Waals surface area contributed by atoms with Crippen LogP contribution in [0.25, 0.3) is 11.1 Å². The van der Waals surface area contributed by atoms with Gasteiger partial charge in [0.1, 0.15) is 0 Å². The molecule has 1 aromatic heterocycles. The molecule has 0 saturated carbocycles. The summed E-state index contributed by atoms with van der Waals surface area (Å²) in [7, 11) is 0. The average molecular weight is 259 g/mol. The molecule has 1 saturated heterocycles. The number of nitriles is 1. The van der Waals surface area contributed by atoms with Crippen LogP contribution in [0.15, 0.2) is 27.4 Å². The molecular formula is C13H13N3O3. The number of hydrogen-bond acceptors (Lipinski definition) is 5. The standard InChI is InChI=1S/C13H13N3O3/c14-8-10-1-2-12-11(7-10)16(13(17)19-12)9-15-3-5-18-6-4-15/h1-2,7H,3-6,9H2. The minimum absolute atomic E-state index is 0.392. The van der Waals surface area contributed by atoms with Crippen molar-refractivity contribution in [3.63, 3.8) is 0 Å². The molecule has 0 N–H and O–H groups in total. The molecule has 0 amide bonds. The fourth-order valence-electron chi connectivity index (χ4n) is 2.21. The first-order valence-corrected chi connectivity index (χ1v) is 6.11. The lowest BCUT2D eigenvalue weighted by atomic mass is 10.2. The van der Waals surface area contributed by atoms with Crippen LogP contribution < -0.4 is 5.76 Å². The average Bonchev–Trinajstić information content (AvgIpc) is 2.76. The molecule has 2 heterocycles. The first-order chi connectivity index (χ1) is 9.28. The van der Waals surface area contributed by atoms with Crippen LogP contribution in [0, 0.1) is 11.3 Å². The smallest absolute Gasteiger partial charge is 0.408 e. The number of aromatic nitrogens is 1. The summed E-state index contributed by atoms with van der Waals surface area (Å²) in [5.74, 6) is -0.392. The number of morpholine rings is 1. The van der Waals surface area contributed by atoms with Gasteiger partial charge in [-0.1, -0.05) is 0 Å². The minimum atomic E-state index is -0.392. The van der Waals surface area contributed by atoms with Crippen LogP contribution in [0.2, 0.25) is 0 Å². The van der Waals surface area contributed by atoms with Crippen molar-refractivity contribution in [1.29, 1.82) is 5.26 Å². The number of hydrogen-bond donors (Lipinski definition) is 0. The first kappa shape index (κ1) is 12.0. The van der Waals surface area contributed by atoms with Gasteiger partial charge in [0.2, 0.25) is 0 Å². The van der Waals surface area contributed by atoms with Crippen LogP contribution in [0.3, 0.4) is 0 Å². The number of nitrogens with zero attached hydrogens (tertiary/aromatic N) is 3. The topological polar surface area (TPSA) is 71.4 Å². The molecule has 1 fully saturated rings. The first-order valence-electron chi connectivity index (χ1n) is 6.11. The maximum Gasteiger partial charge on any atom is 0.421 e. The minimum Gasteiger partial charge on any atom is -0.408 e. The Balaban J connectivity index is 1.99. The number of rotatable bonds is 2. The van der Waals surface area contributed by atoms with E-state index in [1.807, 2.05) is 0 Å². The van der Waals surface area contributed by atoms with Crippen molar-refractivity contribution in [2.45, 2.75) is 6.67 Å². The van der Waals surface area contributed by atoms with E-state index in [1.54, 1.807) is 22.8 Å². The van der Waals surface area contributed by atoms with Gasteiger partial charge < -0.3 is 9.15 Å². The van der Waals surface area contributed by atoms with Crippen LogP contribution in [0.4, 0.5) is 0 Å². The molecule has 0 atom stereocenters. The molecule has 0 spiro atoms. The van der Waals surface area contributed by atoms with Crippen LogP contribution >= 0.6 is 0 Å². The van der Waals surface area contributed by atoms with Gasteiger partial charge in [0.05, 0.1) is 37.0 Å². The van der Waals surface area contributed by atoms with E-state index in [2.05, 4.69) is 11.0 Å². The number of benzene rings is 1. The molecule has 3 rings (SSSR count). The predicted octanol–water partition coefficient (Wildman–Crippen LogP) is 0.756. The predicted molar refractivity (Wildman–Crippen MR) is 67.6 cm³/mol. The van der Waals surface area contributed by atoms with Gasteiger partial charge in [-0.05, 0) is 18.2 Å². The Hall–Kier alpha value is -2.10. The normalized spacial score (nSPS) is 16.6. The van der Waals surface area contributed by atoms with E-state index in [1.165, 1.54) is 0 Å². The summed E-state index contributed by atoms with van der Waals surface area (Å²) in [5.41, 5.74) is 1.69. The van der Waals surface area contributed by atoms with Crippen molar-refractivity contribution in [2.75, 3.05) is 26.3 Å². The number of fused-ring (bicyclic) bond motifs is 1. The van der Waals surface area contributed by atoms with Crippen molar-refractivity contribution in [1.82, 2.24) is 9.47 Å². The van der Waals surface area contributed by atoms with E-state index < -0.39 is 5.76 Å². The third-order valence-electron chi connectivity index (χ3n) is 3.24. The van der Waals surface area contributed by atoms with Crippen molar-refractivity contribution in [2.24, 2.45) is 0 Å². The number of ether oxygens (including phenoxy) is 1. The fourth-order valence-corrected chi connectivity index (χ4v) is 2.21. The summed E-state index contributed by atoms with van der Waals surface area (Å²) in [6, 6.07) is 7.05. The largest absolute Gasteiger partial charge is 0.421 e. The zero-order chi connectivity index (χ0) is 13.2. The molecule has 0 aliphatic carbocycles. The monoisotopic (exact) mass is 259 g/mol. The lowest BCUT2D eigenvalue weighted by Gasteiger charge is -2.26. The van der Waals surface area contributed by atoms with Crippen LogP contribution in [-0.4, -0.2) is 35.8 Å². The highest BCUT2D eigenvalue weighted by Crippen LogP contribution is 2.15. The number of oxazole rings is 1. The van der Waals surface area contributed by atoms with Gasteiger partial charge in [-0.15, -0.1) is 0 Å². The van der Waals surface area contributed by atoms with Crippen molar-refractivity contribution in [3.05, 3.63) is 34.3 Å². The Labute approximate surface area is 109 Å². The highest BCUT2D eigenvalue weighted by atomic mass is 16.5. The molecule has 2 aromatic rings. The molecule has 19 heavy (non-hydrogen) atoms. The summed E-state index contributed by atoms with van der Waals surface area (Å²) < 4.78 is 12.0. The maximum absolute atomic E-state index is 11.9. The molecular weight excluding hydrogens is 246 g/mol. The Morgan fingerprint density at radius 1 is 1.32 bits per heavy atom. The van der Waals surface area contributed by atoms with Crippen LogP contribution in [0.1, 0.15) is 5.56 Å². The van der Waals surface area contributed by atoms with Crippen LogP contribution in [0.5, 0.6) is 0 Å². The van der Waals surface area contributed by atoms with E-state index in [4.69, 9.17) is 14.4 Å². The van der Waals surface area contributed by atoms with E-state index in [0.717, 1.165) is 13.1 Å². The molecule has 6 heteroatoms. The molecule has 1 aromatic carbocycles. The van der Waals surface area contributed by atoms with E-state index in [0.29, 0.717) is 36.5 Å². The van der Waals surface area contributed by atoms with Crippen molar-refractivity contribution >= 4 is 11.1 Å². The van der Waals surface area contributed by atoms with E-state index in [-0.39, 0.29) is 0 Å². The zero-order valence-electron chi connectivity index (χ0n) is 10.3. The fraction of sp³-hybridized carbons (Fsp3) is 0.385. The lowest BCUT2D eigenvalue weighted by molar-refractivity contribution is 0.0230. The Morgan fingerprint density at radius 3 is 2.84 bits per heavy atom. The third kappa shape index (κ3) is 2.26. The van der Waals surface area contributed by atoms with Gasteiger partial charge in [-0.2, -0.15) is 5.26 Å². The molecule has 0 unspecified atom stereocenters. The maximum atomic E-state index is 11.9. The Morgan fingerprint density at radius 2 is 2.11 bits per heavy atom. The van der Waals surface area contributed by atoms with Gasteiger partial charge in [0.25, 0.3) is 0 Å². The molecule has 1 aliphatic rings. The Kier molecular flexibility index (Phi) is 3.07. The van der Waals surface area contributed by atoms with Crippen molar-refractivity contribution in [3.8, 4) is 6.07 Å². The molecule has 0 bridgehead atoms.